The molecule has 1 amide bonds. The van der Waals surface area contributed by atoms with E-state index in [2.05, 4.69) is 28.3 Å². The molecule has 2 aliphatic carbocycles. The summed E-state index contributed by atoms with van der Waals surface area (Å²) in [7, 11) is 1.82. The van der Waals surface area contributed by atoms with Crippen molar-refractivity contribution in [3.63, 3.8) is 0 Å². The zero-order valence-electron chi connectivity index (χ0n) is 15.4. The van der Waals surface area contributed by atoms with Crippen molar-refractivity contribution in [2.45, 2.75) is 46.1 Å². The highest BCUT2D eigenvalue weighted by molar-refractivity contribution is 6.17. The van der Waals surface area contributed by atoms with Crippen molar-refractivity contribution in [1.29, 1.82) is 0 Å². The Hall–Kier alpha value is -2.63. The highest BCUT2D eigenvalue weighted by Crippen LogP contribution is 2.58. The second-order valence-electron chi connectivity index (χ2n) is 7.02. The van der Waals surface area contributed by atoms with Crippen LogP contribution in [0.15, 0.2) is 37.9 Å². The Morgan fingerprint density at radius 1 is 1.46 bits per heavy atom. The molecule has 0 bridgehead atoms. The molecule has 1 N–H and O–H groups in total. The van der Waals surface area contributed by atoms with Gasteiger partial charge in [0, 0.05) is 30.0 Å². The second-order valence-corrected chi connectivity index (χ2v) is 7.02. The van der Waals surface area contributed by atoms with Crippen molar-refractivity contribution < 1.29 is 13.6 Å². The Morgan fingerprint density at radius 2 is 2.27 bits per heavy atom. The smallest absolute Gasteiger partial charge is 0.287 e. The summed E-state index contributed by atoms with van der Waals surface area (Å²) in [5.41, 5.74) is 4.31. The number of nitrogens with one attached hydrogen (secondary N) is 1. The molecule has 1 spiro atoms. The summed E-state index contributed by atoms with van der Waals surface area (Å²) in [5.74, 6) is 1.45. The van der Waals surface area contributed by atoms with Crippen LogP contribution in [0.3, 0.4) is 0 Å². The number of oxazole rings is 1. The topological polar surface area (TPSA) is 80.6 Å². The van der Waals surface area contributed by atoms with Gasteiger partial charge in [-0.25, -0.2) is 4.98 Å². The third-order valence-electron chi connectivity index (χ3n) is 5.36. The maximum atomic E-state index is 12.6. The van der Waals surface area contributed by atoms with E-state index in [1.54, 1.807) is 6.20 Å². The van der Waals surface area contributed by atoms with E-state index in [0.29, 0.717) is 11.7 Å². The molecule has 4 rings (SSSR count). The van der Waals surface area contributed by atoms with Gasteiger partial charge in [-0.1, -0.05) is 13.0 Å². The molecule has 2 aromatic rings. The van der Waals surface area contributed by atoms with E-state index in [-0.39, 0.29) is 17.9 Å². The number of aromatic nitrogens is 1. The van der Waals surface area contributed by atoms with Gasteiger partial charge in [-0.05, 0) is 31.8 Å². The summed E-state index contributed by atoms with van der Waals surface area (Å²) in [6, 6.07) is 0. The third kappa shape index (κ3) is 2.60. The molecule has 6 nitrogen and oxygen atoms in total. The summed E-state index contributed by atoms with van der Waals surface area (Å²) in [5, 5.41) is 2.81. The predicted molar refractivity (Wildman–Crippen MR) is 97.3 cm³/mol. The van der Waals surface area contributed by atoms with Crippen LogP contribution in [0.25, 0.3) is 0 Å². The molecule has 2 heterocycles. The molecule has 6 heteroatoms. The average molecular weight is 353 g/mol. The fourth-order valence-corrected chi connectivity index (χ4v) is 3.94. The van der Waals surface area contributed by atoms with Crippen LogP contribution in [0.4, 0.5) is 0 Å². The summed E-state index contributed by atoms with van der Waals surface area (Å²) in [4.78, 5) is 21.2. The summed E-state index contributed by atoms with van der Waals surface area (Å²) < 4.78 is 11.2. The fraction of sp³-hybridized carbons (Fsp3) is 0.450. The largest absolute Gasteiger partial charge is 0.455 e. The van der Waals surface area contributed by atoms with Crippen LogP contribution in [0, 0.1) is 12.3 Å². The molecule has 2 aliphatic rings. The maximum Gasteiger partial charge on any atom is 0.287 e. The summed E-state index contributed by atoms with van der Waals surface area (Å²) in [6.07, 6.45) is 9.46. The zero-order chi connectivity index (χ0) is 18.3. The lowest BCUT2D eigenvalue weighted by Crippen LogP contribution is -2.25. The van der Waals surface area contributed by atoms with Crippen LogP contribution in [-0.2, 0) is 13.0 Å². The van der Waals surface area contributed by atoms with Crippen molar-refractivity contribution in [1.82, 2.24) is 10.3 Å². The van der Waals surface area contributed by atoms with Crippen LogP contribution < -0.4 is 5.32 Å². The number of fused-ring (bicyclic) bond motifs is 1. The van der Waals surface area contributed by atoms with Gasteiger partial charge in [0.15, 0.2) is 5.76 Å². The maximum absolute atomic E-state index is 12.6. The van der Waals surface area contributed by atoms with Crippen molar-refractivity contribution in [2.75, 3.05) is 7.05 Å². The van der Waals surface area contributed by atoms with Gasteiger partial charge in [0.05, 0.1) is 18.5 Å². The van der Waals surface area contributed by atoms with Gasteiger partial charge in [-0.15, -0.1) is 0 Å². The van der Waals surface area contributed by atoms with Gasteiger partial charge >= 0.3 is 0 Å². The quantitative estimate of drug-likeness (QED) is 0.911. The zero-order valence-corrected chi connectivity index (χ0v) is 15.4. The molecular weight excluding hydrogens is 330 g/mol. The SMILES string of the molecule is CC/C=C1\C(=NC)c2c(oc(C(=O)NCc3ncco3)c2C)CC12CC2. The number of carbonyl (C=O) groups excluding carboxylic acids is 1. The average Bonchev–Trinajstić information content (AvgIpc) is 3.05. The van der Waals surface area contributed by atoms with Crippen molar-refractivity contribution in [2.24, 2.45) is 10.4 Å². The molecule has 1 saturated carbocycles. The first-order valence-corrected chi connectivity index (χ1v) is 9.06. The Labute approximate surface area is 152 Å². The normalized spacial score (nSPS) is 20.6. The number of nitrogens with zero attached hydrogens (tertiary/aromatic N) is 2. The van der Waals surface area contributed by atoms with E-state index in [4.69, 9.17) is 8.83 Å². The van der Waals surface area contributed by atoms with Gasteiger partial charge in [-0.3, -0.25) is 9.79 Å². The molecular formula is C20H23N3O3. The Morgan fingerprint density at radius 3 is 2.88 bits per heavy atom. The molecule has 2 aromatic heterocycles. The number of hydrogen-bond acceptors (Lipinski definition) is 5. The minimum absolute atomic E-state index is 0.161. The number of carbonyl (C=O) groups is 1. The Kier molecular flexibility index (Phi) is 4.05. The first-order chi connectivity index (χ1) is 12.6. The molecule has 136 valence electrons. The van der Waals surface area contributed by atoms with Crippen molar-refractivity contribution >= 4 is 11.6 Å². The Bertz CT molecular complexity index is 899. The number of amides is 1. The number of allylic oxidation sites excluding steroid dienone is 2. The van der Waals surface area contributed by atoms with Crippen LogP contribution in [-0.4, -0.2) is 23.7 Å². The Balaban J connectivity index is 1.67. The van der Waals surface area contributed by atoms with Gasteiger partial charge in [-0.2, -0.15) is 0 Å². The van der Waals surface area contributed by atoms with E-state index in [1.165, 1.54) is 11.8 Å². The lowest BCUT2D eigenvalue weighted by molar-refractivity contribution is 0.0916. The minimum Gasteiger partial charge on any atom is -0.455 e. The third-order valence-corrected chi connectivity index (χ3v) is 5.36. The van der Waals surface area contributed by atoms with E-state index in [1.807, 2.05) is 14.0 Å². The molecule has 0 unspecified atom stereocenters. The van der Waals surface area contributed by atoms with Crippen LogP contribution >= 0.6 is 0 Å². The summed E-state index contributed by atoms with van der Waals surface area (Å²) >= 11 is 0. The lowest BCUT2D eigenvalue weighted by Gasteiger charge is -2.26. The fourth-order valence-electron chi connectivity index (χ4n) is 3.94. The van der Waals surface area contributed by atoms with Crippen LogP contribution in [0.5, 0.6) is 0 Å². The molecule has 0 aliphatic heterocycles. The first-order valence-electron chi connectivity index (χ1n) is 9.06. The molecule has 0 atom stereocenters. The lowest BCUT2D eigenvalue weighted by atomic mass is 9.77. The summed E-state index contributed by atoms with van der Waals surface area (Å²) in [6.45, 7) is 4.31. The molecule has 0 aromatic carbocycles. The monoisotopic (exact) mass is 353 g/mol. The van der Waals surface area contributed by atoms with Crippen molar-refractivity contribution in [3.05, 3.63) is 52.6 Å². The molecule has 0 saturated heterocycles. The predicted octanol–water partition coefficient (Wildman–Crippen LogP) is 3.60. The standard InChI is InChI=1S/C20H23N3O3/c1-4-5-13-17(21-3)16-12(2)18(26-14(16)10-20(13)6-7-20)19(24)23-11-15-22-8-9-25-15/h5,8-9H,4,6-7,10-11H2,1-3H3,(H,23,24)/b13-5+,21-17?. The number of hydrogen-bond donors (Lipinski definition) is 1. The second kappa shape index (κ2) is 6.27. The minimum atomic E-state index is -0.253. The number of furan rings is 1. The van der Waals surface area contributed by atoms with E-state index in [0.717, 1.165) is 48.3 Å². The highest BCUT2D eigenvalue weighted by Gasteiger charge is 2.52. The number of rotatable bonds is 4. The van der Waals surface area contributed by atoms with Gasteiger partial charge in [0.2, 0.25) is 5.89 Å². The van der Waals surface area contributed by atoms with E-state index < -0.39 is 0 Å². The molecule has 0 radical (unpaired) electrons. The highest BCUT2D eigenvalue weighted by atomic mass is 16.4. The molecule has 26 heavy (non-hydrogen) atoms. The van der Waals surface area contributed by atoms with E-state index >= 15 is 0 Å². The first kappa shape index (κ1) is 16.8. The van der Waals surface area contributed by atoms with Crippen LogP contribution in [0.1, 0.15) is 59.5 Å². The molecule has 1 fully saturated rings. The van der Waals surface area contributed by atoms with Gasteiger partial charge < -0.3 is 14.2 Å². The van der Waals surface area contributed by atoms with Crippen LogP contribution in [0.2, 0.25) is 0 Å². The number of aliphatic imine (C=N–C) groups is 1. The van der Waals surface area contributed by atoms with Gasteiger partial charge in [0.25, 0.3) is 5.91 Å². The van der Waals surface area contributed by atoms with Gasteiger partial charge in [0.1, 0.15) is 12.0 Å². The van der Waals surface area contributed by atoms with E-state index in [9.17, 15) is 4.79 Å². The van der Waals surface area contributed by atoms with Crippen molar-refractivity contribution in [3.8, 4) is 0 Å².